The van der Waals surface area contributed by atoms with Gasteiger partial charge >= 0.3 is 0 Å². The number of hydrogen-bond donors (Lipinski definition) is 0. The SMILES string of the molecule is BrOBr.[Bi].[C]. The Morgan fingerprint density at radius 3 is 1.20 bits per heavy atom. The van der Waals surface area contributed by atoms with Crippen molar-refractivity contribution in [3.63, 3.8) is 0 Å². The van der Waals surface area contributed by atoms with E-state index in [1.54, 1.807) is 0 Å². The minimum absolute atomic E-state index is 0. The molecule has 0 rings (SSSR count). The van der Waals surface area contributed by atoms with Gasteiger partial charge in [0.05, 0.1) is 0 Å². The van der Waals surface area contributed by atoms with Gasteiger partial charge in [0.1, 0.15) is 32.5 Å². The summed E-state index contributed by atoms with van der Waals surface area (Å²) >= 11 is 5.12. The first kappa shape index (κ1) is 15.8. The van der Waals surface area contributed by atoms with Crippen molar-refractivity contribution in [2.24, 2.45) is 0 Å². The van der Waals surface area contributed by atoms with Crippen molar-refractivity contribution < 1.29 is 2.92 Å². The Bertz CT molecular complexity index is 9.61. The van der Waals surface area contributed by atoms with Gasteiger partial charge in [0.15, 0.2) is 0 Å². The van der Waals surface area contributed by atoms with Crippen molar-refractivity contribution in [1.29, 1.82) is 0 Å². The molecule has 0 unspecified atom stereocenters. The summed E-state index contributed by atoms with van der Waals surface area (Å²) in [5.74, 6) is 0. The zero-order valence-corrected chi connectivity index (χ0v) is 8.76. The third-order valence-electron chi connectivity index (χ3n) is 0. The quantitative estimate of drug-likeness (QED) is 0.561. The van der Waals surface area contributed by atoms with E-state index in [-0.39, 0.29) is 33.6 Å². The van der Waals surface area contributed by atoms with Crippen LogP contribution in [0.25, 0.3) is 0 Å². The van der Waals surface area contributed by atoms with Crippen LogP contribution in [-0.4, -0.2) is 26.2 Å². The molecule has 0 aromatic carbocycles. The van der Waals surface area contributed by atoms with Crippen LogP contribution >= 0.6 is 32.5 Å². The summed E-state index contributed by atoms with van der Waals surface area (Å²) < 4.78 is 3.88. The molecule has 29 valence electrons. The first-order chi connectivity index (χ1) is 1.41. The van der Waals surface area contributed by atoms with Crippen LogP contribution in [0.3, 0.4) is 0 Å². The largest absolute Gasteiger partial charge is 0.230 e. The molecule has 5 heavy (non-hydrogen) atoms. The molecule has 7 radical (unpaired) electrons. The Hall–Kier alpha value is 1.80. The zero-order chi connectivity index (χ0) is 2.71. The van der Waals surface area contributed by atoms with Gasteiger partial charge in [-0.25, -0.2) is 2.92 Å². The summed E-state index contributed by atoms with van der Waals surface area (Å²) in [7, 11) is 0. The third-order valence-corrected chi connectivity index (χ3v) is 0. The predicted octanol–water partition coefficient (Wildman–Crippen LogP) is 1.32. The van der Waals surface area contributed by atoms with Crippen molar-refractivity contribution >= 4 is 58.7 Å². The van der Waals surface area contributed by atoms with E-state index in [9.17, 15) is 0 Å². The number of halogens is 2. The first-order valence-electron chi connectivity index (χ1n) is 0.309. The fraction of sp³-hybridized carbons (Fsp3) is 0. The van der Waals surface area contributed by atoms with Crippen LogP contribution in [0.4, 0.5) is 0 Å². The molecule has 0 amide bonds. The van der Waals surface area contributed by atoms with Crippen LogP contribution in [-0.2, 0) is 2.92 Å². The smallest absolute Gasteiger partial charge is 0.115 e. The Morgan fingerprint density at radius 1 is 1.20 bits per heavy atom. The molecule has 0 aromatic heterocycles. The maximum Gasteiger partial charge on any atom is 0.115 e. The summed E-state index contributed by atoms with van der Waals surface area (Å²) in [6.45, 7) is 0. The van der Waals surface area contributed by atoms with E-state index in [1.807, 2.05) is 0 Å². The molecule has 0 aliphatic heterocycles. The maximum atomic E-state index is 3.88. The standard InChI is InChI=1S/C.Bi.Br2O/c;;1-3-2. The maximum absolute atomic E-state index is 3.88. The van der Waals surface area contributed by atoms with Crippen LogP contribution in [0.1, 0.15) is 0 Å². The number of rotatable bonds is 0. The Morgan fingerprint density at radius 2 is 1.20 bits per heavy atom. The normalized spacial score (nSPS) is 3.60. The van der Waals surface area contributed by atoms with E-state index in [1.165, 1.54) is 0 Å². The molecule has 0 fully saturated rings. The van der Waals surface area contributed by atoms with Crippen LogP contribution in [0.2, 0.25) is 0 Å². The second kappa shape index (κ2) is 17.0. The molecule has 0 atom stereocenters. The molecular formula is CBiBr2O. The molecule has 0 saturated carbocycles. The summed E-state index contributed by atoms with van der Waals surface area (Å²) in [4.78, 5) is 0. The Balaban J connectivity index is -0.0000000200. The van der Waals surface area contributed by atoms with Gasteiger partial charge in [0.25, 0.3) is 0 Å². The molecule has 0 bridgehead atoms. The van der Waals surface area contributed by atoms with Crippen molar-refractivity contribution in [3.8, 4) is 0 Å². The molecule has 0 aliphatic carbocycles. The molecular weight excluding hydrogens is 397 g/mol. The molecule has 0 aromatic rings. The van der Waals surface area contributed by atoms with Gasteiger partial charge in [-0.2, -0.15) is 0 Å². The summed E-state index contributed by atoms with van der Waals surface area (Å²) in [6.07, 6.45) is 0. The van der Waals surface area contributed by atoms with Crippen molar-refractivity contribution in [1.82, 2.24) is 0 Å². The van der Waals surface area contributed by atoms with Crippen molar-refractivity contribution in [2.75, 3.05) is 0 Å². The molecule has 0 saturated heterocycles. The topological polar surface area (TPSA) is 9.23 Å². The Labute approximate surface area is 68.5 Å². The molecule has 4 heteroatoms. The molecule has 1 nitrogen and oxygen atoms in total. The third kappa shape index (κ3) is 25.8. The number of hydrogen-bond acceptors (Lipinski definition) is 1. The molecule has 0 N–H and O–H groups in total. The van der Waals surface area contributed by atoms with Gasteiger partial charge in [-0.1, -0.05) is 0 Å². The van der Waals surface area contributed by atoms with Crippen LogP contribution < -0.4 is 0 Å². The van der Waals surface area contributed by atoms with E-state index in [2.05, 4.69) is 35.4 Å². The van der Waals surface area contributed by atoms with E-state index >= 15 is 0 Å². The van der Waals surface area contributed by atoms with E-state index in [0.717, 1.165) is 0 Å². The van der Waals surface area contributed by atoms with E-state index < -0.39 is 0 Å². The minimum Gasteiger partial charge on any atom is -0.230 e. The van der Waals surface area contributed by atoms with Crippen molar-refractivity contribution in [3.05, 3.63) is 7.43 Å². The van der Waals surface area contributed by atoms with Crippen molar-refractivity contribution in [2.45, 2.75) is 0 Å². The molecule has 0 heterocycles. The van der Waals surface area contributed by atoms with Gasteiger partial charge in [-0.3, -0.25) is 0 Å². The average Bonchev–Trinajstić information content (AvgIpc) is 0.918. The van der Waals surface area contributed by atoms with Gasteiger partial charge in [-0.05, 0) is 0 Å². The van der Waals surface area contributed by atoms with E-state index in [0.29, 0.717) is 0 Å². The molecule has 0 aliphatic rings. The fourth-order valence-electron chi connectivity index (χ4n) is 0. The zero-order valence-electron chi connectivity index (χ0n) is 2.11. The summed E-state index contributed by atoms with van der Waals surface area (Å²) in [5.41, 5.74) is 0. The second-order valence-corrected chi connectivity index (χ2v) is 1.57. The fourth-order valence-corrected chi connectivity index (χ4v) is 0. The van der Waals surface area contributed by atoms with Crippen LogP contribution in [0.15, 0.2) is 0 Å². The predicted molar refractivity (Wildman–Crippen MR) is 27.9 cm³/mol. The van der Waals surface area contributed by atoms with Gasteiger partial charge < -0.3 is 0 Å². The average molecular weight is 397 g/mol. The van der Waals surface area contributed by atoms with Gasteiger partial charge in [-0.15, -0.1) is 0 Å². The van der Waals surface area contributed by atoms with Gasteiger partial charge in [0.2, 0.25) is 0 Å². The van der Waals surface area contributed by atoms with Crippen LogP contribution in [0, 0.1) is 7.43 Å². The van der Waals surface area contributed by atoms with Gasteiger partial charge in [0, 0.05) is 33.6 Å². The Kier molecular flexibility index (Phi) is 54.0. The van der Waals surface area contributed by atoms with E-state index in [4.69, 9.17) is 0 Å². The molecule has 0 spiro atoms. The summed E-state index contributed by atoms with van der Waals surface area (Å²) in [6, 6.07) is 0. The minimum atomic E-state index is 0. The first-order valence-corrected chi connectivity index (χ1v) is 1.60. The second-order valence-electron chi connectivity index (χ2n) is 0.0583. The summed E-state index contributed by atoms with van der Waals surface area (Å²) in [5, 5.41) is 0. The monoisotopic (exact) mass is 395 g/mol. The van der Waals surface area contributed by atoms with Crippen LogP contribution in [0.5, 0.6) is 0 Å².